The molecule has 0 aliphatic heterocycles. The first-order valence-electron chi connectivity index (χ1n) is 2.93. The topological polar surface area (TPSA) is 43.1 Å². The summed E-state index contributed by atoms with van der Waals surface area (Å²) in [6.45, 7) is 4.04. The molecule has 0 aromatic heterocycles. The van der Waals surface area contributed by atoms with Crippen LogP contribution in [0.15, 0.2) is 12.3 Å². The molecule has 0 aromatic carbocycles. The molecule has 3 heteroatoms. The van der Waals surface area contributed by atoms with Gasteiger partial charge in [-0.1, -0.05) is 13.8 Å². The SMILES string of the molecule is CC(C)CC=C[N+](=O)[O-]. The minimum Gasteiger partial charge on any atom is -0.259 e. The van der Waals surface area contributed by atoms with E-state index in [1.54, 1.807) is 6.08 Å². The number of nitrogens with zero attached hydrogens (tertiary/aromatic N) is 1. The van der Waals surface area contributed by atoms with Gasteiger partial charge in [0.05, 0.1) is 4.92 Å². The van der Waals surface area contributed by atoms with Crippen molar-refractivity contribution in [3.8, 4) is 0 Å². The summed E-state index contributed by atoms with van der Waals surface area (Å²) in [5.41, 5.74) is 0. The molecule has 0 saturated carbocycles. The first kappa shape index (κ1) is 8.14. The van der Waals surface area contributed by atoms with E-state index in [4.69, 9.17) is 0 Å². The van der Waals surface area contributed by atoms with E-state index in [0.29, 0.717) is 5.92 Å². The van der Waals surface area contributed by atoms with Crippen molar-refractivity contribution in [3.63, 3.8) is 0 Å². The Kier molecular flexibility index (Phi) is 3.67. The third-order valence-corrected chi connectivity index (χ3v) is 0.835. The predicted octanol–water partition coefficient (Wildman–Crippen LogP) is 1.82. The fraction of sp³-hybridized carbons (Fsp3) is 0.667. The van der Waals surface area contributed by atoms with E-state index in [9.17, 15) is 10.1 Å². The van der Waals surface area contributed by atoms with Gasteiger partial charge in [-0.25, -0.2) is 0 Å². The smallest absolute Gasteiger partial charge is 0.230 e. The molecule has 0 aliphatic rings. The third kappa shape index (κ3) is 7.14. The second-order valence-electron chi connectivity index (χ2n) is 2.30. The van der Waals surface area contributed by atoms with Crippen LogP contribution >= 0.6 is 0 Å². The van der Waals surface area contributed by atoms with E-state index >= 15 is 0 Å². The van der Waals surface area contributed by atoms with Crippen LogP contribution in [0, 0.1) is 16.0 Å². The molecule has 52 valence electrons. The Hall–Kier alpha value is -0.860. The van der Waals surface area contributed by atoms with Gasteiger partial charge in [0.2, 0.25) is 6.20 Å². The Morgan fingerprint density at radius 2 is 2.22 bits per heavy atom. The van der Waals surface area contributed by atoms with Gasteiger partial charge in [0, 0.05) is 0 Å². The lowest BCUT2D eigenvalue weighted by molar-refractivity contribution is -0.402. The average Bonchev–Trinajstić information content (AvgIpc) is 1.63. The van der Waals surface area contributed by atoms with Crippen LogP contribution in [-0.2, 0) is 0 Å². The van der Waals surface area contributed by atoms with Crippen LogP contribution in [0.2, 0.25) is 0 Å². The molecule has 0 spiro atoms. The second-order valence-corrected chi connectivity index (χ2v) is 2.30. The monoisotopic (exact) mass is 129 g/mol. The van der Waals surface area contributed by atoms with Gasteiger partial charge in [-0.15, -0.1) is 0 Å². The van der Waals surface area contributed by atoms with Crippen molar-refractivity contribution >= 4 is 0 Å². The third-order valence-electron chi connectivity index (χ3n) is 0.835. The molecular weight excluding hydrogens is 118 g/mol. The lowest BCUT2D eigenvalue weighted by Gasteiger charge is -1.92. The average molecular weight is 129 g/mol. The quantitative estimate of drug-likeness (QED) is 0.431. The summed E-state index contributed by atoms with van der Waals surface area (Å²) in [6, 6.07) is 0. The van der Waals surface area contributed by atoms with Gasteiger partial charge < -0.3 is 0 Å². The highest BCUT2D eigenvalue weighted by molar-refractivity contribution is 4.73. The molecule has 0 radical (unpaired) electrons. The highest BCUT2D eigenvalue weighted by Gasteiger charge is 1.89. The Bertz CT molecular complexity index is 118. The normalized spacial score (nSPS) is 11.0. The molecule has 0 unspecified atom stereocenters. The summed E-state index contributed by atoms with van der Waals surface area (Å²) in [5, 5.41) is 9.70. The standard InChI is InChI=1S/C6H11NO2/c1-6(2)4-3-5-7(8)9/h3,5-6H,4H2,1-2H3. The van der Waals surface area contributed by atoms with Gasteiger partial charge in [0.25, 0.3) is 0 Å². The van der Waals surface area contributed by atoms with E-state index in [0.717, 1.165) is 12.6 Å². The minimum atomic E-state index is -0.442. The summed E-state index contributed by atoms with van der Waals surface area (Å²) in [7, 11) is 0. The Labute approximate surface area is 54.5 Å². The molecule has 0 atom stereocenters. The van der Waals surface area contributed by atoms with Crippen LogP contribution < -0.4 is 0 Å². The maximum atomic E-state index is 9.70. The predicted molar refractivity (Wildman–Crippen MR) is 35.6 cm³/mol. The van der Waals surface area contributed by atoms with E-state index in [1.807, 2.05) is 13.8 Å². The summed E-state index contributed by atoms with van der Waals surface area (Å²) < 4.78 is 0. The van der Waals surface area contributed by atoms with E-state index in [-0.39, 0.29) is 0 Å². The fourth-order valence-corrected chi connectivity index (χ4v) is 0.419. The molecule has 0 rings (SSSR count). The number of allylic oxidation sites excluding steroid dienone is 1. The van der Waals surface area contributed by atoms with Gasteiger partial charge >= 0.3 is 0 Å². The van der Waals surface area contributed by atoms with E-state index in [1.165, 1.54) is 0 Å². The van der Waals surface area contributed by atoms with Crippen molar-refractivity contribution in [2.45, 2.75) is 20.3 Å². The zero-order valence-corrected chi connectivity index (χ0v) is 5.70. The highest BCUT2D eigenvalue weighted by atomic mass is 16.6. The zero-order chi connectivity index (χ0) is 7.28. The Morgan fingerprint density at radius 3 is 2.56 bits per heavy atom. The first-order valence-corrected chi connectivity index (χ1v) is 2.93. The molecule has 0 amide bonds. The lowest BCUT2D eigenvalue weighted by atomic mass is 10.1. The van der Waals surface area contributed by atoms with Crippen molar-refractivity contribution in [1.82, 2.24) is 0 Å². The molecule has 0 saturated heterocycles. The number of rotatable bonds is 3. The maximum absolute atomic E-state index is 9.70. The Balaban J connectivity index is 3.36. The van der Waals surface area contributed by atoms with E-state index in [2.05, 4.69) is 0 Å². The van der Waals surface area contributed by atoms with Crippen molar-refractivity contribution in [2.24, 2.45) is 5.92 Å². The molecule has 9 heavy (non-hydrogen) atoms. The van der Waals surface area contributed by atoms with Crippen molar-refractivity contribution in [2.75, 3.05) is 0 Å². The van der Waals surface area contributed by atoms with Crippen LogP contribution in [0.4, 0.5) is 0 Å². The van der Waals surface area contributed by atoms with Gasteiger partial charge in [0.1, 0.15) is 0 Å². The number of hydrogen-bond acceptors (Lipinski definition) is 2. The number of hydrogen-bond donors (Lipinski definition) is 0. The van der Waals surface area contributed by atoms with Crippen LogP contribution in [0.3, 0.4) is 0 Å². The molecular formula is C6H11NO2. The Morgan fingerprint density at radius 1 is 1.67 bits per heavy atom. The van der Waals surface area contributed by atoms with Crippen LogP contribution in [0.5, 0.6) is 0 Å². The molecule has 3 nitrogen and oxygen atoms in total. The summed E-state index contributed by atoms with van der Waals surface area (Å²) >= 11 is 0. The van der Waals surface area contributed by atoms with Crippen LogP contribution in [0.1, 0.15) is 20.3 Å². The zero-order valence-electron chi connectivity index (χ0n) is 5.70. The molecule has 0 aliphatic carbocycles. The van der Waals surface area contributed by atoms with Crippen molar-refractivity contribution in [3.05, 3.63) is 22.4 Å². The molecule has 0 heterocycles. The van der Waals surface area contributed by atoms with E-state index < -0.39 is 4.92 Å². The summed E-state index contributed by atoms with van der Waals surface area (Å²) in [5.74, 6) is 0.501. The number of nitro groups is 1. The molecule has 0 bridgehead atoms. The molecule has 0 aromatic rings. The molecule has 0 N–H and O–H groups in total. The summed E-state index contributed by atoms with van der Waals surface area (Å²) in [6.07, 6.45) is 3.34. The summed E-state index contributed by atoms with van der Waals surface area (Å²) in [4.78, 5) is 9.26. The highest BCUT2D eigenvalue weighted by Crippen LogP contribution is 1.98. The minimum absolute atomic E-state index is 0.442. The van der Waals surface area contributed by atoms with Gasteiger partial charge in [-0.3, -0.25) is 10.1 Å². The van der Waals surface area contributed by atoms with Crippen LogP contribution in [0.25, 0.3) is 0 Å². The van der Waals surface area contributed by atoms with Crippen molar-refractivity contribution < 1.29 is 4.92 Å². The van der Waals surface area contributed by atoms with Gasteiger partial charge in [0.15, 0.2) is 0 Å². The lowest BCUT2D eigenvalue weighted by Crippen LogP contribution is -1.85. The van der Waals surface area contributed by atoms with Crippen molar-refractivity contribution in [1.29, 1.82) is 0 Å². The van der Waals surface area contributed by atoms with Gasteiger partial charge in [-0.05, 0) is 18.4 Å². The first-order chi connectivity index (χ1) is 4.13. The van der Waals surface area contributed by atoms with Crippen LogP contribution in [-0.4, -0.2) is 4.92 Å². The maximum Gasteiger partial charge on any atom is 0.230 e. The second kappa shape index (κ2) is 4.06. The fourth-order valence-electron chi connectivity index (χ4n) is 0.419. The largest absolute Gasteiger partial charge is 0.259 e. The van der Waals surface area contributed by atoms with Gasteiger partial charge in [-0.2, -0.15) is 0 Å². The molecule has 0 fully saturated rings.